The quantitative estimate of drug-likeness (QED) is 0.795. The maximum absolute atomic E-state index is 12.0. The summed E-state index contributed by atoms with van der Waals surface area (Å²) in [7, 11) is 0. The number of thiazole rings is 1. The van der Waals surface area contributed by atoms with E-state index in [1.54, 1.807) is 6.92 Å². The van der Waals surface area contributed by atoms with Crippen molar-refractivity contribution in [3.05, 3.63) is 20.2 Å². The number of aliphatic hydroxyl groups is 1. The van der Waals surface area contributed by atoms with Crippen molar-refractivity contribution in [2.45, 2.75) is 26.5 Å². The molecule has 3 nitrogen and oxygen atoms in total. The Bertz CT molecular complexity index is 344. The first-order valence-electron chi connectivity index (χ1n) is 3.97. The third-order valence-corrected chi connectivity index (χ3v) is 2.94. The van der Waals surface area contributed by atoms with Crippen LogP contribution >= 0.6 is 11.3 Å². The van der Waals surface area contributed by atoms with Crippen LogP contribution in [0, 0.1) is 13.8 Å². The summed E-state index contributed by atoms with van der Waals surface area (Å²) >= 11 is 1.12. The summed E-state index contributed by atoms with van der Waals surface area (Å²) in [6, 6.07) is 0. The van der Waals surface area contributed by atoms with E-state index in [9.17, 15) is 9.18 Å². The van der Waals surface area contributed by atoms with Crippen LogP contribution in [0.25, 0.3) is 0 Å². The molecule has 0 bridgehead atoms. The van der Waals surface area contributed by atoms with Crippen molar-refractivity contribution < 1.29 is 9.50 Å². The number of aromatic nitrogens is 1. The van der Waals surface area contributed by atoms with Crippen LogP contribution in [-0.4, -0.2) is 22.5 Å². The Labute approximate surface area is 79.4 Å². The van der Waals surface area contributed by atoms with Crippen molar-refractivity contribution in [3.8, 4) is 0 Å². The molecular weight excluding hydrogens is 193 g/mol. The molecule has 0 aliphatic heterocycles. The van der Waals surface area contributed by atoms with Crippen LogP contribution in [0.15, 0.2) is 4.79 Å². The fourth-order valence-corrected chi connectivity index (χ4v) is 1.90. The summed E-state index contributed by atoms with van der Waals surface area (Å²) < 4.78 is 13.4. The molecule has 1 N–H and O–H groups in total. The number of hydrogen-bond acceptors (Lipinski definition) is 3. The SMILES string of the molecule is Cc1sc(=O)n(CC(O)CF)c1C. The summed E-state index contributed by atoms with van der Waals surface area (Å²) in [5.74, 6) is 0. The zero-order valence-electron chi connectivity index (χ0n) is 7.58. The van der Waals surface area contributed by atoms with Crippen LogP contribution < -0.4 is 4.87 Å². The van der Waals surface area contributed by atoms with Gasteiger partial charge in [-0.2, -0.15) is 0 Å². The van der Waals surface area contributed by atoms with Crippen molar-refractivity contribution >= 4 is 11.3 Å². The average molecular weight is 205 g/mol. The molecule has 0 saturated carbocycles. The van der Waals surface area contributed by atoms with Crippen LogP contribution in [-0.2, 0) is 6.54 Å². The number of hydrogen-bond donors (Lipinski definition) is 1. The molecule has 13 heavy (non-hydrogen) atoms. The van der Waals surface area contributed by atoms with Gasteiger partial charge in [-0.15, -0.1) is 0 Å². The monoisotopic (exact) mass is 205 g/mol. The minimum absolute atomic E-state index is 0.0471. The molecule has 1 aromatic rings. The Balaban J connectivity index is 2.94. The van der Waals surface area contributed by atoms with Crippen molar-refractivity contribution in [2.24, 2.45) is 0 Å². The van der Waals surface area contributed by atoms with Gasteiger partial charge in [0.1, 0.15) is 12.8 Å². The molecule has 0 aromatic carbocycles. The Kier molecular flexibility index (Phi) is 3.22. The highest BCUT2D eigenvalue weighted by Gasteiger charge is 2.11. The summed E-state index contributed by atoms with van der Waals surface area (Å²) in [6.45, 7) is 2.85. The Morgan fingerprint density at radius 3 is 2.62 bits per heavy atom. The van der Waals surface area contributed by atoms with Gasteiger partial charge in [-0.25, -0.2) is 4.39 Å². The van der Waals surface area contributed by atoms with Gasteiger partial charge in [-0.05, 0) is 13.8 Å². The minimum atomic E-state index is -1.08. The van der Waals surface area contributed by atoms with Crippen molar-refractivity contribution in [1.82, 2.24) is 4.57 Å². The molecule has 0 aliphatic rings. The minimum Gasteiger partial charge on any atom is -0.389 e. The summed E-state index contributed by atoms with van der Waals surface area (Å²) in [5, 5.41) is 9.04. The second-order valence-electron chi connectivity index (χ2n) is 2.93. The van der Waals surface area contributed by atoms with E-state index in [0.717, 1.165) is 21.9 Å². The molecule has 5 heteroatoms. The number of halogens is 1. The number of aliphatic hydroxyl groups excluding tert-OH is 1. The van der Waals surface area contributed by atoms with E-state index in [2.05, 4.69) is 0 Å². The first-order chi connectivity index (χ1) is 6.06. The van der Waals surface area contributed by atoms with Gasteiger partial charge in [0.25, 0.3) is 0 Å². The number of aryl methyl sites for hydroxylation is 1. The van der Waals surface area contributed by atoms with Gasteiger partial charge in [-0.3, -0.25) is 4.79 Å². The molecule has 0 spiro atoms. The van der Waals surface area contributed by atoms with Crippen LogP contribution in [0.5, 0.6) is 0 Å². The Morgan fingerprint density at radius 1 is 1.62 bits per heavy atom. The largest absolute Gasteiger partial charge is 0.389 e. The average Bonchev–Trinajstić information content (AvgIpc) is 2.32. The van der Waals surface area contributed by atoms with Crippen molar-refractivity contribution in [2.75, 3.05) is 6.67 Å². The second-order valence-corrected chi connectivity index (χ2v) is 4.09. The molecule has 0 fully saturated rings. The summed E-state index contributed by atoms with van der Waals surface area (Å²) in [5.41, 5.74) is 0.808. The van der Waals surface area contributed by atoms with Crippen molar-refractivity contribution in [1.29, 1.82) is 0 Å². The fraction of sp³-hybridized carbons (Fsp3) is 0.625. The van der Waals surface area contributed by atoms with Gasteiger partial charge in [0.15, 0.2) is 0 Å². The first kappa shape index (κ1) is 10.4. The van der Waals surface area contributed by atoms with E-state index < -0.39 is 12.8 Å². The molecule has 0 aliphatic carbocycles. The molecular formula is C8H12FNO2S. The molecule has 0 radical (unpaired) electrons. The van der Waals surface area contributed by atoms with Crippen molar-refractivity contribution in [3.63, 3.8) is 0 Å². The maximum atomic E-state index is 12.0. The normalized spacial score (nSPS) is 13.2. The van der Waals surface area contributed by atoms with E-state index in [1.165, 1.54) is 4.57 Å². The highest BCUT2D eigenvalue weighted by atomic mass is 32.1. The number of nitrogens with zero attached hydrogens (tertiary/aromatic N) is 1. The van der Waals surface area contributed by atoms with Gasteiger partial charge in [0.05, 0.1) is 6.54 Å². The molecule has 0 saturated heterocycles. The van der Waals surface area contributed by atoms with E-state index in [0.29, 0.717) is 0 Å². The van der Waals surface area contributed by atoms with E-state index in [-0.39, 0.29) is 11.4 Å². The van der Waals surface area contributed by atoms with Crippen LogP contribution in [0.2, 0.25) is 0 Å². The zero-order valence-corrected chi connectivity index (χ0v) is 8.40. The smallest absolute Gasteiger partial charge is 0.307 e. The fourth-order valence-electron chi connectivity index (χ4n) is 1.06. The Morgan fingerprint density at radius 2 is 2.23 bits per heavy atom. The molecule has 1 rings (SSSR count). The maximum Gasteiger partial charge on any atom is 0.307 e. The lowest BCUT2D eigenvalue weighted by Crippen LogP contribution is -2.25. The predicted molar refractivity (Wildman–Crippen MR) is 50.0 cm³/mol. The molecule has 0 amide bonds. The lowest BCUT2D eigenvalue weighted by atomic mass is 10.3. The molecule has 74 valence electrons. The van der Waals surface area contributed by atoms with Crippen LogP contribution in [0.4, 0.5) is 4.39 Å². The summed E-state index contributed by atoms with van der Waals surface area (Å²) in [6.07, 6.45) is -1.08. The lowest BCUT2D eigenvalue weighted by molar-refractivity contribution is 0.121. The van der Waals surface area contributed by atoms with E-state index >= 15 is 0 Å². The number of alkyl halides is 1. The van der Waals surface area contributed by atoms with Gasteiger partial charge in [-0.1, -0.05) is 11.3 Å². The standard InChI is InChI=1S/C8H12FNO2S/c1-5-6(2)13-8(12)10(5)4-7(11)3-9/h7,11H,3-4H2,1-2H3. The topological polar surface area (TPSA) is 42.2 Å². The highest BCUT2D eigenvalue weighted by Crippen LogP contribution is 2.09. The summed E-state index contributed by atoms with van der Waals surface area (Å²) in [4.78, 5) is 12.0. The third kappa shape index (κ3) is 2.16. The van der Waals surface area contributed by atoms with Gasteiger partial charge in [0.2, 0.25) is 0 Å². The molecule has 1 unspecified atom stereocenters. The second kappa shape index (κ2) is 4.02. The van der Waals surface area contributed by atoms with Crippen LogP contribution in [0.1, 0.15) is 10.6 Å². The van der Waals surface area contributed by atoms with Crippen LogP contribution in [0.3, 0.4) is 0 Å². The first-order valence-corrected chi connectivity index (χ1v) is 4.78. The van der Waals surface area contributed by atoms with Gasteiger partial charge < -0.3 is 9.67 Å². The Hall–Kier alpha value is -0.680. The number of rotatable bonds is 3. The highest BCUT2D eigenvalue weighted by molar-refractivity contribution is 7.09. The van der Waals surface area contributed by atoms with Gasteiger partial charge in [0, 0.05) is 10.6 Å². The zero-order chi connectivity index (χ0) is 10.0. The van der Waals surface area contributed by atoms with E-state index in [1.807, 2.05) is 6.92 Å². The molecule has 1 aromatic heterocycles. The lowest BCUT2D eigenvalue weighted by Gasteiger charge is -2.07. The molecule has 1 atom stereocenters. The van der Waals surface area contributed by atoms with E-state index in [4.69, 9.17) is 5.11 Å². The predicted octanol–water partition coefficient (Wildman–Crippen LogP) is 0.857. The third-order valence-electron chi connectivity index (χ3n) is 1.95. The molecule has 1 heterocycles. The van der Waals surface area contributed by atoms with Gasteiger partial charge >= 0.3 is 4.87 Å².